The molecule has 0 fully saturated rings. The van der Waals surface area contributed by atoms with Gasteiger partial charge in [-0.2, -0.15) is 0 Å². The molecule has 0 aliphatic heterocycles. The van der Waals surface area contributed by atoms with Crippen molar-refractivity contribution in [1.82, 2.24) is 0 Å². The van der Waals surface area contributed by atoms with Crippen LogP contribution in [0.15, 0.2) is 17.5 Å². The van der Waals surface area contributed by atoms with Gasteiger partial charge in [0, 0.05) is 10.0 Å². The largest absolute Gasteiger partial charge is 0.508 e. The van der Waals surface area contributed by atoms with Gasteiger partial charge >= 0.3 is 0 Å². The lowest BCUT2D eigenvalue weighted by atomic mass is 10.1. The van der Waals surface area contributed by atoms with Crippen molar-refractivity contribution in [2.75, 3.05) is 0 Å². The van der Waals surface area contributed by atoms with Crippen LogP contribution >= 0.6 is 27.3 Å². The molecule has 68 valence electrons. The maximum atomic E-state index is 9.39. The Morgan fingerprint density at radius 1 is 1.46 bits per heavy atom. The SMILES string of the molecule is Cc1cc(O)cc2scc(CBr)c12. The molecule has 0 unspecified atom stereocenters. The number of aryl methyl sites for hydroxylation is 1. The molecular weight excluding hydrogens is 248 g/mol. The predicted molar refractivity (Wildman–Crippen MR) is 60.9 cm³/mol. The van der Waals surface area contributed by atoms with Crippen LogP contribution in [-0.4, -0.2) is 5.11 Å². The normalized spacial score (nSPS) is 10.9. The summed E-state index contributed by atoms with van der Waals surface area (Å²) >= 11 is 5.13. The van der Waals surface area contributed by atoms with E-state index in [-0.39, 0.29) is 0 Å². The summed E-state index contributed by atoms with van der Waals surface area (Å²) in [5, 5.41) is 13.7. The molecule has 0 atom stereocenters. The molecule has 1 nitrogen and oxygen atoms in total. The fourth-order valence-corrected chi connectivity index (χ4v) is 3.26. The molecule has 13 heavy (non-hydrogen) atoms. The zero-order valence-corrected chi connectivity index (χ0v) is 9.58. The van der Waals surface area contributed by atoms with Crippen LogP contribution in [0, 0.1) is 6.92 Å². The lowest BCUT2D eigenvalue weighted by Crippen LogP contribution is -1.78. The van der Waals surface area contributed by atoms with Crippen molar-refractivity contribution in [3.63, 3.8) is 0 Å². The van der Waals surface area contributed by atoms with Gasteiger partial charge in [0.25, 0.3) is 0 Å². The third kappa shape index (κ3) is 1.46. The van der Waals surface area contributed by atoms with Gasteiger partial charge in [-0.3, -0.25) is 0 Å². The van der Waals surface area contributed by atoms with Gasteiger partial charge in [0.1, 0.15) is 5.75 Å². The average Bonchev–Trinajstić information content (AvgIpc) is 2.47. The Bertz CT molecular complexity index is 447. The van der Waals surface area contributed by atoms with Gasteiger partial charge in [-0.25, -0.2) is 0 Å². The fourth-order valence-electron chi connectivity index (χ4n) is 1.53. The lowest BCUT2D eigenvalue weighted by Gasteiger charge is -2.00. The Kier molecular flexibility index (Phi) is 2.30. The first-order chi connectivity index (χ1) is 6.22. The molecule has 0 saturated carbocycles. The first-order valence-electron chi connectivity index (χ1n) is 3.98. The van der Waals surface area contributed by atoms with Crippen LogP contribution in [0.4, 0.5) is 0 Å². The lowest BCUT2D eigenvalue weighted by molar-refractivity contribution is 0.476. The summed E-state index contributed by atoms with van der Waals surface area (Å²) in [6, 6.07) is 3.63. The van der Waals surface area contributed by atoms with Crippen molar-refractivity contribution >= 4 is 37.4 Å². The summed E-state index contributed by atoms with van der Waals surface area (Å²) in [5.74, 6) is 0.355. The Balaban J connectivity index is 2.82. The second kappa shape index (κ2) is 3.31. The third-order valence-electron chi connectivity index (χ3n) is 2.08. The van der Waals surface area contributed by atoms with E-state index in [9.17, 15) is 5.11 Å². The monoisotopic (exact) mass is 256 g/mol. The molecule has 0 amide bonds. The topological polar surface area (TPSA) is 20.2 Å². The molecule has 0 spiro atoms. The van der Waals surface area contributed by atoms with Crippen LogP contribution in [0.1, 0.15) is 11.1 Å². The number of alkyl halides is 1. The zero-order chi connectivity index (χ0) is 9.42. The molecule has 3 heteroatoms. The minimum Gasteiger partial charge on any atom is -0.508 e. The number of aromatic hydroxyl groups is 1. The molecule has 2 rings (SSSR count). The number of fused-ring (bicyclic) bond motifs is 1. The van der Waals surface area contributed by atoms with Gasteiger partial charge in [-0.1, -0.05) is 15.9 Å². The Labute approximate surface area is 89.1 Å². The van der Waals surface area contributed by atoms with E-state index in [2.05, 4.69) is 21.3 Å². The summed E-state index contributed by atoms with van der Waals surface area (Å²) in [7, 11) is 0. The number of phenolic OH excluding ortho intramolecular Hbond substituents is 1. The van der Waals surface area contributed by atoms with E-state index in [0.29, 0.717) is 5.75 Å². The van der Waals surface area contributed by atoms with Gasteiger partial charge < -0.3 is 5.11 Å². The second-order valence-corrected chi connectivity index (χ2v) is 4.50. The number of hydrogen-bond donors (Lipinski definition) is 1. The van der Waals surface area contributed by atoms with Crippen LogP contribution < -0.4 is 0 Å². The van der Waals surface area contributed by atoms with Crippen molar-refractivity contribution < 1.29 is 5.11 Å². The maximum Gasteiger partial charge on any atom is 0.117 e. The molecule has 0 radical (unpaired) electrons. The van der Waals surface area contributed by atoms with Crippen LogP contribution in [0.2, 0.25) is 0 Å². The standard InChI is InChI=1S/C10H9BrOS/c1-6-2-8(12)3-9-10(6)7(4-11)5-13-9/h2-3,5,12H,4H2,1H3. The van der Waals surface area contributed by atoms with Crippen molar-refractivity contribution in [3.8, 4) is 5.75 Å². The molecule has 0 aliphatic carbocycles. The molecular formula is C10H9BrOS. The predicted octanol–water partition coefficient (Wildman–Crippen LogP) is 3.81. The quantitative estimate of drug-likeness (QED) is 0.770. The van der Waals surface area contributed by atoms with Crippen LogP contribution in [0.25, 0.3) is 10.1 Å². The fraction of sp³-hybridized carbons (Fsp3) is 0.200. The second-order valence-electron chi connectivity index (χ2n) is 3.03. The summed E-state index contributed by atoms with van der Waals surface area (Å²) in [6.07, 6.45) is 0. The molecule has 0 saturated heterocycles. The minimum atomic E-state index is 0.355. The van der Waals surface area contributed by atoms with E-state index in [0.717, 1.165) is 15.6 Å². The minimum absolute atomic E-state index is 0.355. The first kappa shape index (κ1) is 9.03. The smallest absolute Gasteiger partial charge is 0.117 e. The molecule has 1 aromatic heterocycles. The molecule has 1 aromatic carbocycles. The van der Waals surface area contributed by atoms with E-state index < -0.39 is 0 Å². The van der Waals surface area contributed by atoms with Gasteiger partial charge in [0.2, 0.25) is 0 Å². The van der Waals surface area contributed by atoms with E-state index >= 15 is 0 Å². The summed E-state index contributed by atoms with van der Waals surface area (Å²) in [5.41, 5.74) is 2.45. The van der Waals surface area contributed by atoms with Crippen molar-refractivity contribution in [3.05, 3.63) is 28.6 Å². The van der Waals surface area contributed by atoms with E-state index in [4.69, 9.17) is 0 Å². The number of benzene rings is 1. The van der Waals surface area contributed by atoms with E-state index in [1.807, 2.05) is 13.0 Å². The molecule has 0 bridgehead atoms. The van der Waals surface area contributed by atoms with Crippen LogP contribution in [0.5, 0.6) is 5.75 Å². The Hall–Kier alpha value is -0.540. The summed E-state index contributed by atoms with van der Waals surface area (Å²) < 4.78 is 1.16. The molecule has 1 heterocycles. The van der Waals surface area contributed by atoms with Crippen LogP contribution in [0.3, 0.4) is 0 Å². The molecule has 2 aromatic rings. The third-order valence-corrected chi connectivity index (χ3v) is 3.66. The average molecular weight is 257 g/mol. The van der Waals surface area contributed by atoms with E-state index in [1.165, 1.54) is 10.9 Å². The molecule has 1 N–H and O–H groups in total. The highest BCUT2D eigenvalue weighted by molar-refractivity contribution is 9.08. The van der Waals surface area contributed by atoms with Crippen molar-refractivity contribution in [2.45, 2.75) is 12.3 Å². The van der Waals surface area contributed by atoms with Crippen LogP contribution in [-0.2, 0) is 5.33 Å². The highest BCUT2D eigenvalue weighted by atomic mass is 79.9. The first-order valence-corrected chi connectivity index (χ1v) is 5.98. The highest BCUT2D eigenvalue weighted by Gasteiger charge is 2.06. The Morgan fingerprint density at radius 2 is 2.23 bits per heavy atom. The number of hydrogen-bond acceptors (Lipinski definition) is 2. The van der Waals surface area contributed by atoms with E-state index in [1.54, 1.807) is 17.4 Å². The van der Waals surface area contributed by atoms with Gasteiger partial charge in [0.15, 0.2) is 0 Å². The summed E-state index contributed by atoms with van der Waals surface area (Å²) in [6.45, 7) is 2.03. The summed E-state index contributed by atoms with van der Waals surface area (Å²) in [4.78, 5) is 0. The van der Waals surface area contributed by atoms with Gasteiger partial charge in [-0.15, -0.1) is 11.3 Å². The zero-order valence-electron chi connectivity index (χ0n) is 7.17. The van der Waals surface area contributed by atoms with Crippen molar-refractivity contribution in [1.29, 1.82) is 0 Å². The molecule has 0 aliphatic rings. The highest BCUT2D eigenvalue weighted by Crippen LogP contribution is 2.33. The number of phenols is 1. The van der Waals surface area contributed by atoms with Gasteiger partial charge in [-0.05, 0) is 40.9 Å². The Morgan fingerprint density at radius 3 is 2.92 bits per heavy atom. The number of rotatable bonds is 1. The number of halogens is 1. The number of thiophene rings is 1. The maximum absolute atomic E-state index is 9.39. The van der Waals surface area contributed by atoms with Gasteiger partial charge in [0.05, 0.1) is 0 Å². The van der Waals surface area contributed by atoms with Crippen molar-refractivity contribution in [2.24, 2.45) is 0 Å².